The van der Waals surface area contributed by atoms with E-state index in [-0.39, 0.29) is 29.2 Å². The van der Waals surface area contributed by atoms with E-state index in [0.717, 1.165) is 5.82 Å². The van der Waals surface area contributed by atoms with Gasteiger partial charge in [-0.05, 0) is 18.2 Å². The molecule has 2 aromatic rings. The number of nitriles is 1. The predicted molar refractivity (Wildman–Crippen MR) is 111 cm³/mol. The number of amides is 1. The molecule has 0 radical (unpaired) electrons. The van der Waals surface area contributed by atoms with E-state index in [1.54, 1.807) is 12.3 Å². The Labute approximate surface area is 178 Å². The van der Waals surface area contributed by atoms with E-state index in [4.69, 9.17) is 22.1 Å². The van der Waals surface area contributed by atoms with Crippen molar-refractivity contribution in [2.45, 2.75) is 6.61 Å². The van der Waals surface area contributed by atoms with E-state index in [1.165, 1.54) is 12.1 Å². The minimum Gasteiger partial charge on any atom is -0.444 e. The number of piperazine rings is 1. The molecule has 0 spiro atoms. The smallest absolute Gasteiger partial charge is 0.413 e. The van der Waals surface area contributed by atoms with Gasteiger partial charge in [-0.3, -0.25) is 5.32 Å². The van der Waals surface area contributed by atoms with Gasteiger partial charge in [0.1, 0.15) is 18.5 Å². The lowest BCUT2D eigenvalue weighted by molar-refractivity contribution is 0.141. The Hall–Kier alpha value is -3.51. The van der Waals surface area contributed by atoms with Crippen molar-refractivity contribution in [2.24, 2.45) is 5.73 Å². The van der Waals surface area contributed by atoms with Gasteiger partial charge in [-0.15, -0.1) is 0 Å². The second-order valence-corrected chi connectivity index (χ2v) is 7.02. The highest BCUT2D eigenvalue weighted by atomic mass is 35.5. The van der Waals surface area contributed by atoms with E-state index in [1.807, 2.05) is 17.0 Å². The molecule has 3 rings (SSSR count). The number of nitrogens with two attached hydrogens (primary N) is 1. The number of carbonyl (C=O) groups excluding carboxylic acids is 1. The van der Waals surface area contributed by atoms with Crippen molar-refractivity contribution in [1.82, 2.24) is 10.3 Å². The quantitative estimate of drug-likeness (QED) is 0.750. The van der Waals surface area contributed by atoms with Crippen LogP contribution in [0.5, 0.6) is 0 Å². The first-order valence-electron chi connectivity index (χ1n) is 9.10. The summed E-state index contributed by atoms with van der Waals surface area (Å²) in [6, 6.07) is 8.57. The van der Waals surface area contributed by atoms with Crippen LogP contribution in [0, 0.1) is 17.1 Å². The molecule has 0 aliphatic carbocycles. The minimum absolute atomic E-state index is 0.0750. The number of hydrogen-bond donors (Lipinski definition) is 2. The lowest BCUT2D eigenvalue weighted by Crippen LogP contribution is -2.47. The van der Waals surface area contributed by atoms with Crippen molar-refractivity contribution < 1.29 is 13.9 Å². The van der Waals surface area contributed by atoms with E-state index in [0.29, 0.717) is 31.2 Å². The van der Waals surface area contributed by atoms with Gasteiger partial charge in [-0.2, -0.15) is 5.26 Å². The van der Waals surface area contributed by atoms with Gasteiger partial charge in [0.25, 0.3) is 0 Å². The molecule has 3 N–H and O–H groups in total. The summed E-state index contributed by atoms with van der Waals surface area (Å²) in [4.78, 5) is 19.7. The number of aromatic nitrogens is 1. The maximum absolute atomic E-state index is 15.2. The van der Waals surface area contributed by atoms with Crippen LogP contribution in [0.1, 0.15) is 11.1 Å². The minimum atomic E-state index is -0.836. The lowest BCUT2D eigenvalue weighted by Gasteiger charge is -2.37. The second kappa shape index (κ2) is 9.33. The third-order valence-corrected chi connectivity index (χ3v) is 4.79. The maximum Gasteiger partial charge on any atom is 0.413 e. The van der Waals surface area contributed by atoms with Gasteiger partial charge in [0.2, 0.25) is 0 Å². The first-order valence-corrected chi connectivity index (χ1v) is 9.48. The molecular formula is C20H20ClFN6O2. The summed E-state index contributed by atoms with van der Waals surface area (Å²) in [6.07, 6.45) is 0.743. The Bertz CT molecular complexity index is 984. The fourth-order valence-electron chi connectivity index (χ4n) is 3.14. The van der Waals surface area contributed by atoms with Crippen LogP contribution in [-0.2, 0) is 11.3 Å². The van der Waals surface area contributed by atoms with Gasteiger partial charge in [0, 0.05) is 37.9 Å². The Kier molecular flexibility index (Phi) is 6.59. The predicted octanol–water partition coefficient (Wildman–Crippen LogP) is 2.73. The van der Waals surface area contributed by atoms with Crippen LogP contribution < -0.4 is 20.9 Å². The number of benzene rings is 1. The molecular weight excluding hydrogens is 411 g/mol. The van der Waals surface area contributed by atoms with Gasteiger partial charge in [0.05, 0.1) is 22.1 Å². The summed E-state index contributed by atoms with van der Waals surface area (Å²) in [7, 11) is 0. The van der Waals surface area contributed by atoms with Crippen molar-refractivity contribution in [3.8, 4) is 6.07 Å². The number of anilines is 2. The molecule has 30 heavy (non-hydrogen) atoms. The topological polar surface area (TPSA) is 108 Å². The molecule has 2 heterocycles. The molecule has 0 bridgehead atoms. The van der Waals surface area contributed by atoms with Crippen molar-refractivity contribution in [3.63, 3.8) is 0 Å². The van der Waals surface area contributed by atoms with Crippen LogP contribution in [0.15, 0.2) is 42.9 Å². The summed E-state index contributed by atoms with van der Waals surface area (Å²) in [5.41, 5.74) is 5.85. The van der Waals surface area contributed by atoms with Gasteiger partial charge in [-0.25, -0.2) is 14.2 Å². The Morgan fingerprint density at radius 2 is 2.00 bits per heavy atom. The molecule has 10 heteroatoms. The number of pyridine rings is 1. The number of hydrogen-bond acceptors (Lipinski definition) is 7. The standard InChI is InChI=1S/C20H20ClFN6O2/c1-13(24)26-20(29)30-12-15-3-2-14(10-23)19(18(15)22)28-8-6-27(7-9-28)17-5-4-16(21)11-25-17/h2-5,11H,1,6-9,12,24H2,(H,26,29). The van der Waals surface area contributed by atoms with Crippen LogP contribution in [-0.4, -0.2) is 37.3 Å². The van der Waals surface area contributed by atoms with Gasteiger partial charge in [0.15, 0.2) is 5.82 Å². The molecule has 1 amide bonds. The highest BCUT2D eigenvalue weighted by Crippen LogP contribution is 2.29. The van der Waals surface area contributed by atoms with E-state index in [9.17, 15) is 10.1 Å². The number of alkyl carbamates (subject to hydrolysis) is 1. The fourth-order valence-corrected chi connectivity index (χ4v) is 3.25. The average Bonchev–Trinajstić information content (AvgIpc) is 2.73. The number of halogens is 2. The van der Waals surface area contributed by atoms with E-state index in [2.05, 4.69) is 21.8 Å². The number of carbonyl (C=O) groups is 1. The lowest BCUT2D eigenvalue weighted by atomic mass is 10.1. The zero-order chi connectivity index (χ0) is 21.7. The molecule has 0 saturated carbocycles. The SMILES string of the molecule is C=C(N)NC(=O)OCc1ccc(C#N)c(N2CCN(c3ccc(Cl)cn3)CC2)c1F. The summed E-state index contributed by atoms with van der Waals surface area (Å²) in [6.45, 7) is 5.21. The first-order chi connectivity index (χ1) is 14.4. The maximum atomic E-state index is 15.2. The number of nitrogens with one attached hydrogen (secondary N) is 1. The van der Waals surface area contributed by atoms with Gasteiger partial charge >= 0.3 is 6.09 Å². The van der Waals surface area contributed by atoms with Crippen LogP contribution in [0.25, 0.3) is 0 Å². The molecule has 0 unspecified atom stereocenters. The van der Waals surface area contributed by atoms with E-state index >= 15 is 4.39 Å². The van der Waals surface area contributed by atoms with Crippen molar-refractivity contribution >= 4 is 29.2 Å². The first kappa shape index (κ1) is 21.2. The number of ether oxygens (including phenoxy) is 1. The zero-order valence-corrected chi connectivity index (χ0v) is 16.8. The van der Waals surface area contributed by atoms with Crippen LogP contribution in [0.2, 0.25) is 5.02 Å². The van der Waals surface area contributed by atoms with Crippen molar-refractivity contribution in [1.29, 1.82) is 5.26 Å². The number of rotatable bonds is 5. The third kappa shape index (κ3) is 4.90. The highest BCUT2D eigenvalue weighted by Gasteiger charge is 2.24. The van der Waals surface area contributed by atoms with Crippen LogP contribution in [0.4, 0.5) is 20.7 Å². The Morgan fingerprint density at radius 3 is 2.60 bits per heavy atom. The normalized spacial score (nSPS) is 13.5. The second-order valence-electron chi connectivity index (χ2n) is 6.58. The van der Waals surface area contributed by atoms with Gasteiger partial charge < -0.3 is 20.3 Å². The monoisotopic (exact) mass is 430 g/mol. The van der Waals surface area contributed by atoms with Crippen LogP contribution in [0.3, 0.4) is 0 Å². The third-order valence-electron chi connectivity index (χ3n) is 4.57. The molecule has 1 aliphatic rings. The summed E-state index contributed by atoms with van der Waals surface area (Å²) < 4.78 is 20.2. The zero-order valence-electron chi connectivity index (χ0n) is 16.1. The molecule has 8 nitrogen and oxygen atoms in total. The van der Waals surface area contributed by atoms with Gasteiger partial charge in [-0.1, -0.05) is 24.2 Å². The van der Waals surface area contributed by atoms with E-state index < -0.39 is 11.9 Å². The molecule has 1 aromatic carbocycles. The summed E-state index contributed by atoms with van der Waals surface area (Å²) in [5.74, 6) is 0.121. The number of nitrogens with zero attached hydrogens (tertiary/aromatic N) is 4. The van der Waals surface area contributed by atoms with Crippen molar-refractivity contribution in [2.75, 3.05) is 36.0 Å². The Balaban J connectivity index is 1.73. The van der Waals surface area contributed by atoms with Crippen molar-refractivity contribution in [3.05, 3.63) is 64.8 Å². The molecule has 1 aromatic heterocycles. The largest absolute Gasteiger partial charge is 0.444 e. The average molecular weight is 431 g/mol. The highest BCUT2D eigenvalue weighted by molar-refractivity contribution is 6.30. The summed E-state index contributed by atoms with van der Waals surface area (Å²) in [5, 5.41) is 12.2. The summed E-state index contributed by atoms with van der Waals surface area (Å²) >= 11 is 5.88. The Morgan fingerprint density at radius 1 is 1.30 bits per heavy atom. The molecule has 1 saturated heterocycles. The molecule has 156 valence electrons. The molecule has 1 fully saturated rings. The molecule has 0 atom stereocenters. The molecule has 1 aliphatic heterocycles. The fraction of sp³-hybridized carbons (Fsp3) is 0.250. The van der Waals surface area contributed by atoms with Crippen LogP contribution >= 0.6 is 11.6 Å².